The van der Waals surface area contributed by atoms with Crippen LogP contribution < -0.4 is 16.4 Å². The number of nitrogens with two attached hydrogens (primary N) is 1. The van der Waals surface area contributed by atoms with Gasteiger partial charge in [-0.05, 0) is 31.6 Å². The molecule has 0 aromatic carbocycles. The van der Waals surface area contributed by atoms with Crippen molar-refractivity contribution in [1.82, 2.24) is 15.5 Å². The number of aldehydes is 2. The van der Waals surface area contributed by atoms with Gasteiger partial charge in [0, 0.05) is 25.7 Å². The average molecular weight is 425 g/mol. The Kier molecular flexibility index (Phi) is 13.2. The Balaban J connectivity index is 3.01. The maximum atomic E-state index is 12.7. The number of rotatable bonds is 15. The molecule has 0 saturated heterocycles. The molecule has 0 aliphatic heterocycles. The van der Waals surface area contributed by atoms with Crippen LogP contribution in [-0.2, 0) is 19.2 Å². The first-order valence-electron chi connectivity index (χ1n) is 11.5. The van der Waals surface area contributed by atoms with Crippen LogP contribution in [-0.4, -0.2) is 67.0 Å². The molecule has 4 N–H and O–H groups in total. The Hall–Kier alpha value is -1.80. The standard InChI is InChI=1S/C22H40N4O4/c1-3-5-12-24-21(29)19(15-27)26(14-18(23)17-10-8-7-9-11-17)20(16-28)22(30)25-13-6-4-2/h15-20H,3-14,23H2,1-2H3,(H,24,29)(H,25,30). The van der Waals surface area contributed by atoms with Gasteiger partial charge in [-0.25, -0.2) is 0 Å². The van der Waals surface area contributed by atoms with E-state index in [0.717, 1.165) is 51.4 Å². The molecule has 1 aliphatic rings. The van der Waals surface area contributed by atoms with E-state index in [1.165, 1.54) is 11.3 Å². The zero-order valence-electron chi connectivity index (χ0n) is 18.6. The monoisotopic (exact) mass is 424 g/mol. The Morgan fingerprint density at radius 1 is 0.933 bits per heavy atom. The summed E-state index contributed by atoms with van der Waals surface area (Å²) in [6.45, 7) is 5.02. The molecule has 172 valence electrons. The van der Waals surface area contributed by atoms with Gasteiger partial charge in [0.2, 0.25) is 11.8 Å². The minimum Gasteiger partial charge on any atom is -0.354 e. The van der Waals surface area contributed by atoms with Crippen molar-refractivity contribution >= 4 is 24.4 Å². The molecule has 3 atom stereocenters. The van der Waals surface area contributed by atoms with Gasteiger partial charge in [0.05, 0.1) is 0 Å². The molecule has 30 heavy (non-hydrogen) atoms. The van der Waals surface area contributed by atoms with Crippen molar-refractivity contribution in [2.45, 2.75) is 89.8 Å². The highest BCUT2D eigenvalue weighted by molar-refractivity contribution is 6.00. The molecule has 1 saturated carbocycles. The normalized spacial score (nSPS) is 17.7. The number of carbonyl (C=O) groups is 4. The van der Waals surface area contributed by atoms with Gasteiger partial charge in [-0.1, -0.05) is 46.0 Å². The minimum absolute atomic E-state index is 0.139. The molecule has 0 spiro atoms. The van der Waals surface area contributed by atoms with Crippen molar-refractivity contribution in [2.24, 2.45) is 11.7 Å². The molecule has 0 heterocycles. The van der Waals surface area contributed by atoms with Crippen molar-refractivity contribution in [1.29, 1.82) is 0 Å². The maximum absolute atomic E-state index is 12.7. The molecule has 8 heteroatoms. The van der Waals surface area contributed by atoms with Crippen LogP contribution in [0.4, 0.5) is 0 Å². The summed E-state index contributed by atoms with van der Waals surface area (Å²) in [6.07, 6.45) is 9.73. The number of hydrogen-bond acceptors (Lipinski definition) is 6. The lowest BCUT2D eigenvalue weighted by molar-refractivity contribution is -0.138. The second kappa shape index (κ2) is 15.1. The first-order chi connectivity index (χ1) is 14.5. The van der Waals surface area contributed by atoms with Crippen LogP contribution in [0.2, 0.25) is 0 Å². The summed E-state index contributed by atoms with van der Waals surface area (Å²) in [5.41, 5.74) is 6.44. The molecular formula is C22H40N4O4. The highest BCUT2D eigenvalue weighted by Crippen LogP contribution is 2.26. The number of carbonyl (C=O) groups excluding carboxylic acids is 4. The maximum Gasteiger partial charge on any atom is 0.244 e. The zero-order chi connectivity index (χ0) is 22.4. The third-order valence-electron chi connectivity index (χ3n) is 5.85. The fourth-order valence-corrected chi connectivity index (χ4v) is 3.92. The highest BCUT2D eigenvalue weighted by atomic mass is 16.2. The van der Waals surface area contributed by atoms with E-state index in [4.69, 9.17) is 5.73 Å². The van der Waals surface area contributed by atoms with Crippen LogP contribution in [0, 0.1) is 5.92 Å². The summed E-state index contributed by atoms with van der Waals surface area (Å²) in [7, 11) is 0. The predicted molar refractivity (Wildman–Crippen MR) is 117 cm³/mol. The summed E-state index contributed by atoms with van der Waals surface area (Å²) in [6, 6.07) is -2.78. The first-order valence-corrected chi connectivity index (χ1v) is 11.5. The van der Waals surface area contributed by atoms with E-state index in [2.05, 4.69) is 10.6 Å². The SMILES string of the molecule is CCCCNC(=O)C(C=O)N(CC(N)C1CCCCC1)C(C=O)C(=O)NCCCC. The van der Waals surface area contributed by atoms with Crippen LogP contribution in [0.3, 0.4) is 0 Å². The van der Waals surface area contributed by atoms with Gasteiger partial charge in [0.25, 0.3) is 0 Å². The average Bonchev–Trinajstić information content (AvgIpc) is 2.75. The van der Waals surface area contributed by atoms with E-state index < -0.39 is 23.9 Å². The van der Waals surface area contributed by atoms with Gasteiger partial charge in [0.1, 0.15) is 24.7 Å². The lowest BCUT2D eigenvalue weighted by atomic mass is 9.84. The summed E-state index contributed by atoms with van der Waals surface area (Å²) >= 11 is 0. The van der Waals surface area contributed by atoms with Gasteiger partial charge in [-0.2, -0.15) is 0 Å². The smallest absolute Gasteiger partial charge is 0.244 e. The Bertz CT molecular complexity index is 503. The molecule has 1 aliphatic carbocycles. The van der Waals surface area contributed by atoms with E-state index in [0.29, 0.717) is 25.7 Å². The lowest BCUT2D eigenvalue weighted by Crippen LogP contribution is -2.60. The van der Waals surface area contributed by atoms with E-state index >= 15 is 0 Å². The van der Waals surface area contributed by atoms with Crippen LogP contribution in [0.5, 0.6) is 0 Å². The summed E-state index contributed by atoms with van der Waals surface area (Å²) in [5, 5.41) is 5.48. The van der Waals surface area contributed by atoms with E-state index in [9.17, 15) is 19.2 Å². The summed E-state index contributed by atoms with van der Waals surface area (Å²) in [5.74, 6) is -0.739. The van der Waals surface area contributed by atoms with Gasteiger partial charge in [-0.3, -0.25) is 14.5 Å². The van der Waals surface area contributed by atoms with Crippen molar-refractivity contribution in [3.63, 3.8) is 0 Å². The fourth-order valence-electron chi connectivity index (χ4n) is 3.92. The molecule has 8 nitrogen and oxygen atoms in total. The largest absolute Gasteiger partial charge is 0.354 e. The number of nitrogens with one attached hydrogen (secondary N) is 2. The Morgan fingerprint density at radius 3 is 1.80 bits per heavy atom. The van der Waals surface area contributed by atoms with Crippen LogP contribution in [0.1, 0.15) is 71.6 Å². The first kappa shape index (κ1) is 26.2. The number of hydrogen-bond donors (Lipinski definition) is 3. The van der Waals surface area contributed by atoms with E-state index in [-0.39, 0.29) is 18.5 Å². The Labute approximate surface area is 180 Å². The minimum atomic E-state index is -1.23. The van der Waals surface area contributed by atoms with Gasteiger partial charge in [0.15, 0.2) is 0 Å². The number of nitrogens with zero attached hydrogens (tertiary/aromatic N) is 1. The van der Waals surface area contributed by atoms with Gasteiger partial charge >= 0.3 is 0 Å². The van der Waals surface area contributed by atoms with E-state index in [1.54, 1.807) is 0 Å². The molecule has 0 aromatic heterocycles. The van der Waals surface area contributed by atoms with E-state index in [1.807, 2.05) is 13.8 Å². The van der Waals surface area contributed by atoms with Crippen molar-refractivity contribution < 1.29 is 19.2 Å². The quantitative estimate of drug-likeness (QED) is 0.206. The molecular weight excluding hydrogens is 384 g/mol. The summed E-state index contributed by atoms with van der Waals surface area (Å²) in [4.78, 5) is 50.5. The van der Waals surface area contributed by atoms with Crippen molar-refractivity contribution in [3.05, 3.63) is 0 Å². The van der Waals surface area contributed by atoms with Crippen LogP contribution in [0.15, 0.2) is 0 Å². The van der Waals surface area contributed by atoms with Gasteiger partial charge < -0.3 is 26.0 Å². The lowest BCUT2D eigenvalue weighted by Gasteiger charge is -2.36. The highest BCUT2D eigenvalue weighted by Gasteiger charge is 2.37. The molecule has 3 unspecified atom stereocenters. The van der Waals surface area contributed by atoms with Crippen LogP contribution >= 0.6 is 0 Å². The topological polar surface area (TPSA) is 122 Å². The zero-order valence-corrected chi connectivity index (χ0v) is 18.6. The molecule has 2 amide bonds. The van der Waals surface area contributed by atoms with Gasteiger partial charge in [-0.15, -0.1) is 0 Å². The second-order valence-corrected chi connectivity index (χ2v) is 8.21. The fraction of sp³-hybridized carbons (Fsp3) is 0.818. The second-order valence-electron chi connectivity index (χ2n) is 8.21. The molecule has 0 radical (unpaired) electrons. The Morgan fingerprint density at radius 2 is 1.40 bits per heavy atom. The number of unbranched alkanes of at least 4 members (excludes halogenated alkanes) is 2. The van der Waals surface area contributed by atoms with Crippen LogP contribution in [0.25, 0.3) is 0 Å². The molecule has 0 bridgehead atoms. The molecule has 0 aromatic rings. The third kappa shape index (κ3) is 8.52. The van der Waals surface area contributed by atoms with Crippen molar-refractivity contribution in [2.75, 3.05) is 19.6 Å². The summed E-state index contributed by atoms with van der Waals surface area (Å²) < 4.78 is 0. The predicted octanol–water partition coefficient (Wildman–Crippen LogP) is 1.16. The number of amides is 2. The molecule has 1 fully saturated rings. The molecule has 1 rings (SSSR count). The van der Waals surface area contributed by atoms with Crippen molar-refractivity contribution in [3.8, 4) is 0 Å². The third-order valence-corrected chi connectivity index (χ3v) is 5.85.